The van der Waals surface area contributed by atoms with Crippen molar-refractivity contribution in [2.24, 2.45) is 0 Å². The summed E-state index contributed by atoms with van der Waals surface area (Å²) in [5, 5.41) is 0.418. The van der Waals surface area contributed by atoms with E-state index in [2.05, 4.69) is 0 Å². The Labute approximate surface area is 112 Å². The molecule has 1 heterocycles. The smallest absolute Gasteiger partial charge is 0.256 e. The number of para-hydroxylation sites is 1. The second-order valence-electron chi connectivity index (χ2n) is 4.45. The third-order valence-corrected chi connectivity index (χ3v) is 3.61. The van der Waals surface area contributed by atoms with E-state index in [1.807, 2.05) is 0 Å². The van der Waals surface area contributed by atoms with Crippen LogP contribution in [0.2, 0.25) is 5.02 Å². The average Bonchev–Trinajstić information content (AvgIpc) is 2.41. The average molecular weight is 269 g/mol. The Morgan fingerprint density at radius 1 is 1.56 bits per heavy atom. The number of ether oxygens (including phenoxy) is 1. The van der Waals surface area contributed by atoms with Crippen LogP contribution in [0.4, 0.5) is 5.69 Å². The number of nitrogen functional groups attached to an aromatic ring is 1. The van der Waals surface area contributed by atoms with E-state index in [-0.39, 0.29) is 12.0 Å². The molecule has 18 heavy (non-hydrogen) atoms. The first-order valence-corrected chi connectivity index (χ1v) is 6.37. The topological polar surface area (TPSA) is 55.6 Å². The van der Waals surface area contributed by atoms with Gasteiger partial charge in [-0.05, 0) is 25.0 Å². The fraction of sp³-hybridized carbons (Fsp3) is 0.462. The molecule has 1 aromatic carbocycles. The van der Waals surface area contributed by atoms with Gasteiger partial charge >= 0.3 is 0 Å². The summed E-state index contributed by atoms with van der Waals surface area (Å²) < 4.78 is 5.31. The van der Waals surface area contributed by atoms with E-state index < -0.39 is 0 Å². The second-order valence-corrected chi connectivity index (χ2v) is 4.86. The van der Waals surface area contributed by atoms with E-state index in [9.17, 15) is 4.79 Å². The van der Waals surface area contributed by atoms with E-state index >= 15 is 0 Å². The number of piperidine rings is 1. The van der Waals surface area contributed by atoms with Gasteiger partial charge in [-0.1, -0.05) is 17.7 Å². The minimum Gasteiger partial charge on any atom is -0.397 e. The summed E-state index contributed by atoms with van der Waals surface area (Å²) in [6.45, 7) is 1.35. The summed E-state index contributed by atoms with van der Waals surface area (Å²) in [6, 6.07) is 5.13. The third kappa shape index (κ3) is 2.60. The number of methoxy groups -OCH3 is 1. The SMILES string of the molecule is COC1CCCN(C(=O)c2cccc(Cl)c2N)C1. The Hall–Kier alpha value is -1.26. The molecule has 0 aliphatic carbocycles. The lowest BCUT2D eigenvalue weighted by Gasteiger charge is -2.32. The Morgan fingerprint density at radius 2 is 2.33 bits per heavy atom. The van der Waals surface area contributed by atoms with Crippen LogP contribution in [-0.2, 0) is 4.74 Å². The van der Waals surface area contributed by atoms with Crippen molar-refractivity contribution in [3.8, 4) is 0 Å². The van der Waals surface area contributed by atoms with Crippen LogP contribution < -0.4 is 5.73 Å². The molecule has 4 nitrogen and oxygen atoms in total. The summed E-state index contributed by atoms with van der Waals surface area (Å²) in [5.41, 5.74) is 6.67. The standard InChI is InChI=1S/C13H17ClN2O2/c1-18-9-4-3-7-16(8-9)13(17)10-5-2-6-11(14)12(10)15/h2,5-6,9H,3-4,7-8,15H2,1H3. The number of carbonyl (C=O) groups excluding carboxylic acids is 1. The van der Waals surface area contributed by atoms with E-state index in [1.165, 1.54) is 0 Å². The van der Waals surface area contributed by atoms with Crippen LogP contribution in [-0.4, -0.2) is 37.1 Å². The first-order chi connectivity index (χ1) is 8.63. The van der Waals surface area contributed by atoms with Gasteiger partial charge in [0, 0.05) is 20.2 Å². The second kappa shape index (κ2) is 5.59. The maximum atomic E-state index is 12.4. The Bertz CT molecular complexity index is 451. The molecule has 98 valence electrons. The molecule has 2 rings (SSSR count). The quantitative estimate of drug-likeness (QED) is 0.837. The zero-order chi connectivity index (χ0) is 13.1. The van der Waals surface area contributed by atoms with Gasteiger partial charge in [-0.3, -0.25) is 4.79 Å². The maximum Gasteiger partial charge on any atom is 0.256 e. The first kappa shape index (κ1) is 13.2. The number of hydrogen-bond acceptors (Lipinski definition) is 3. The zero-order valence-electron chi connectivity index (χ0n) is 10.4. The van der Waals surface area contributed by atoms with Crippen LogP contribution in [0.5, 0.6) is 0 Å². The van der Waals surface area contributed by atoms with E-state index in [0.29, 0.717) is 22.8 Å². The number of anilines is 1. The van der Waals surface area contributed by atoms with E-state index in [1.54, 1.807) is 30.2 Å². The highest BCUT2D eigenvalue weighted by atomic mass is 35.5. The van der Waals surface area contributed by atoms with Crippen molar-refractivity contribution in [2.45, 2.75) is 18.9 Å². The van der Waals surface area contributed by atoms with Crippen LogP contribution in [0.25, 0.3) is 0 Å². The van der Waals surface area contributed by atoms with Crippen molar-refractivity contribution >= 4 is 23.2 Å². The highest BCUT2D eigenvalue weighted by Crippen LogP contribution is 2.25. The van der Waals surface area contributed by atoms with Gasteiger partial charge < -0.3 is 15.4 Å². The van der Waals surface area contributed by atoms with Crippen LogP contribution in [0, 0.1) is 0 Å². The number of nitrogens with zero attached hydrogens (tertiary/aromatic N) is 1. The van der Waals surface area contributed by atoms with Crippen molar-refractivity contribution in [1.82, 2.24) is 4.90 Å². The minimum atomic E-state index is -0.0725. The summed E-state index contributed by atoms with van der Waals surface area (Å²) in [7, 11) is 1.67. The summed E-state index contributed by atoms with van der Waals surface area (Å²) in [6.07, 6.45) is 2.05. The van der Waals surface area contributed by atoms with Crippen molar-refractivity contribution in [1.29, 1.82) is 0 Å². The molecule has 0 aromatic heterocycles. The van der Waals surface area contributed by atoms with Gasteiger partial charge in [0.25, 0.3) is 5.91 Å². The molecule has 1 aliphatic heterocycles. The minimum absolute atomic E-state index is 0.0725. The van der Waals surface area contributed by atoms with Gasteiger partial charge in [-0.2, -0.15) is 0 Å². The number of hydrogen-bond donors (Lipinski definition) is 1. The molecule has 1 fully saturated rings. The highest BCUT2D eigenvalue weighted by molar-refractivity contribution is 6.33. The van der Waals surface area contributed by atoms with Crippen LogP contribution in [0.1, 0.15) is 23.2 Å². The number of nitrogens with two attached hydrogens (primary N) is 1. The molecule has 1 aromatic rings. The lowest BCUT2D eigenvalue weighted by atomic mass is 10.1. The van der Waals surface area contributed by atoms with E-state index in [0.717, 1.165) is 19.4 Å². The third-order valence-electron chi connectivity index (χ3n) is 3.28. The van der Waals surface area contributed by atoms with Crippen LogP contribution in [0.3, 0.4) is 0 Å². The van der Waals surface area contributed by atoms with Crippen LogP contribution >= 0.6 is 11.6 Å². The molecule has 0 saturated carbocycles. The monoisotopic (exact) mass is 268 g/mol. The van der Waals surface area contributed by atoms with Gasteiger partial charge in [-0.25, -0.2) is 0 Å². The van der Waals surface area contributed by atoms with E-state index in [4.69, 9.17) is 22.1 Å². The molecule has 1 amide bonds. The molecular formula is C13H17ClN2O2. The largest absolute Gasteiger partial charge is 0.397 e. The molecule has 5 heteroatoms. The van der Waals surface area contributed by atoms with Crippen LogP contribution in [0.15, 0.2) is 18.2 Å². The van der Waals surface area contributed by atoms with Gasteiger partial charge in [0.2, 0.25) is 0 Å². The number of carbonyl (C=O) groups is 1. The van der Waals surface area contributed by atoms with Crippen molar-refractivity contribution in [3.05, 3.63) is 28.8 Å². The molecule has 0 spiro atoms. The molecule has 0 radical (unpaired) electrons. The molecule has 1 saturated heterocycles. The summed E-state index contributed by atoms with van der Waals surface area (Å²) >= 11 is 5.93. The molecule has 1 aliphatic rings. The molecular weight excluding hydrogens is 252 g/mol. The molecule has 0 bridgehead atoms. The van der Waals surface area contributed by atoms with Crippen molar-refractivity contribution in [2.75, 3.05) is 25.9 Å². The van der Waals surface area contributed by atoms with Crippen molar-refractivity contribution in [3.63, 3.8) is 0 Å². The Kier molecular flexibility index (Phi) is 4.09. The van der Waals surface area contributed by atoms with Crippen molar-refractivity contribution < 1.29 is 9.53 Å². The molecule has 1 atom stereocenters. The number of amides is 1. The highest BCUT2D eigenvalue weighted by Gasteiger charge is 2.25. The Morgan fingerprint density at radius 3 is 3.06 bits per heavy atom. The fourth-order valence-corrected chi connectivity index (χ4v) is 2.38. The predicted octanol–water partition coefficient (Wildman–Crippen LogP) is 2.17. The molecule has 2 N–H and O–H groups in total. The van der Waals surface area contributed by atoms with Gasteiger partial charge in [0.15, 0.2) is 0 Å². The number of halogens is 1. The lowest BCUT2D eigenvalue weighted by Crippen LogP contribution is -2.43. The zero-order valence-corrected chi connectivity index (χ0v) is 11.1. The fourth-order valence-electron chi connectivity index (χ4n) is 2.21. The normalized spacial score (nSPS) is 19.9. The summed E-state index contributed by atoms with van der Waals surface area (Å²) in [5.74, 6) is -0.0725. The summed E-state index contributed by atoms with van der Waals surface area (Å²) in [4.78, 5) is 14.1. The maximum absolute atomic E-state index is 12.4. The predicted molar refractivity (Wildman–Crippen MR) is 71.8 cm³/mol. The van der Waals surface area contributed by atoms with Gasteiger partial charge in [0.05, 0.1) is 22.4 Å². The number of likely N-dealkylation sites (tertiary alicyclic amines) is 1. The van der Waals surface area contributed by atoms with Gasteiger partial charge in [-0.15, -0.1) is 0 Å². The first-order valence-electron chi connectivity index (χ1n) is 5.99. The number of benzene rings is 1. The molecule has 1 unspecified atom stereocenters. The Balaban J connectivity index is 2.18. The number of rotatable bonds is 2. The van der Waals surface area contributed by atoms with Gasteiger partial charge in [0.1, 0.15) is 0 Å². The lowest BCUT2D eigenvalue weighted by molar-refractivity contribution is 0.0269.